The topological polar surface area (TPSA) is 427 Å². The van der Waals surface area contributed by atoms with Gasteiger partial charge in [0.1, 0.15) is 36.2 Å². The number of aliphatic hydroxyl groups is 1. The van der Waals surface area contributed by atoms with Gasteiger partial charge in [0.05, 0.1) is 18.0 Å². The van der Waals surface area contributed by atoms with Gasteiger partial charge in [-0.05, 0) is 105 Å². The number of amides is 6. The van der Waals surface area contributed by atoms with E-state index in [2.05, 4.69) is 47.6 Å². The summed E-state index contributed by atoms with van der Waals surface area (Å²) in [7, 11) is 0. The van der Waals surface area contributed by atoms with Crippen LogP contribution in [-0.2, 0) is 44.8 Å². The molecule has 74 heavy (non-hydrogen) atoms. The third kappa shape index (κ3) is 19.9. The number of pyridine rings is 1. The van der Waals surface area contributed by atoms with E-state index >= 15 is 0 Å². The van der Waals surface area contributed by atoms with E-state index in [9.17, 15) is 73.5 Å². The largest absolute Gasteiger partial charge is 0.481 e. The van der Waals surface area contributed by atoms with Crippen molar-refractivity contribution in [3.63, 3.8) is 0 Å². The molecular weight excluding hydrogens is 973 g/mol. The van der Waals surface area contributed by atoms with Gasteiger partial charge in [-0.1, -0.05) is 42.5 Å². The lowest BCUT2D eigenvalue weighted by Gasteiger charge is -2.34. The number of carboxylic acids is 5. The number of rotatable bonds is 31. The molecule has 26 nitrogen and oxygen atoms in total. The minimum atomic E-state index is -1.59. The van der Waals surface area contributed by atoms with E-state index in [0.29, 0.717) is 25.7 Å². The van der Waals surface area contributed by atoms with Crippen LogP contribution < -0.4 is 48.5 Å². The van der Waals surface area contributed by atoms with Gasteiger partial charge in [-0.2, -0.15) is 0 Å². The van der Waals surface area contributed by atoms with Crippen LogP contribution in [0, 0.1) is 11.8 Å². The number of nitrogens with zero attached hydrogens (tertiary/aromatic N) is 1. The number of nitrogen functional groups attached to an aromatic ring is 1. The first-order valence-corrected chi connectivity index (χ1v) is 23.9. The van der Waals surface area contributed by atoms with Crippen molar-refractivity contribution in [2.24, 2.45) is 17.7 Å². The van der Waals surface area contributed by atoms with Crippen LogP contribution in [0.15, 0.2) is 60.8 Å². The molecule has 0 spiro atoms. The summed E-state index contributed by atoms with van der Waals surface area (Å²) in [5.41, 5.74) is 3.10. The normalized spacial score (nSPS) is 16.6. The van der Waals surface area contributed by atoms with Crippen molar-refractivity contribution in [1.82, 2.24) is 42.2 Å². The van der Waals surface area contributed by atoms with Gasteiger partial charge in [0.2, 0.25) is 17.7 Å². The van der Waals surface area contributed by atoms with Crippen molar-refractivity contribution >= 4 is 76.1 Å². The number of anilines is 1. The molecule has 402 valence electrons. The Labute approximate surface area is 424 Å². The highest BCUT2D eigenvalue weighted by atomic mass is 16.4. The number of hydrazine groups is 1. The van der Waals surface area contributed by atoms with E-state index in [-0.39, 0.29) is 68.4 Å². The van der Waals surface area contributed by atoms with Crippen LogP contribution in [0.1, 0.15) is 93.0 Å². The lowest BCUT2D eigenvalue weighted by Crippen LogP contribution is -2.55. The van der Waals surface area contributed by atoms with E-state index < -0.39 is 122 Å². The van der Waals surface area contributed by atoms with Gasteiger partial charge in [0.15, 0.2) is 0 Å². The van der Waals surface area contributed by atoms with Crippen molar-refractivity contribution in [3.8, 4) is 0 Å². The van der Waals surface area contributed by atoms with Crippen molar-refractivity contribution < 1.29 is 78.6 Å². The second-order valence-electron chi connectivity index (χ2n) is 17.9. The molecule has 26 heteroatoms. The second kappa shape index (κ2) is 29.5. The Bertz CT molecular complexity index is 2450. The molecule has 2 aromatic carbocycles. The smallest absolute Gasteiger partial charge is 0.326 e. The molecule has 0 aliphatic heterocycles. The quantitative estimate of drug-likeness (QED) is 0.0178. The Balaban J connectivity index is 1.32. The summed E-state index contributed by atoms with van der Waals surface area (Å²) >= 11 is 0. The highest BCUT2D eigenvalue weighted by molar-refractivity contribution is 5.99. The van der Waals surface area contributed by atoms with Crippen molar-refractivity contribution in [3.05, 3.63) is 71.9 Å². The lowest BCUT2D eigenvalue weighted by atomic mass is 9.81. The number of benzene rings is 2. The SMILES string of the molecule is NNc1ccc(C(=O)NC(CCC(=O)O)C(=O)NC(CC(=O)O)C(=O)NCC2CCC(C(O)NC(Cc3ccc4ccccc4c3)C(=O)NCCCCC(NC(=O)NC(CCC(=O)O)C(=O)O)C(=O)O)CC2)cn1. The van der Waals surface area contributed by atoms with Crippen LogP contribution in [-0.4, -0.2) is 145 Å². The Kier molecular flexibility index (Phi) is 23.4. The van der Waals surface area contributed by atoms with Crippen LogP contribution in [0.5, 0.6) is 0 Å². The molecule has 6 unspecified atom stereocenters. The van der Waals surface area contributed by atoms with E-state index in [1.807, 2.05) is 42.5 Å². The van der Waals surface area contributed by atoms with Gasteiger partial charge in [0, 0.05) is 32.1 Å². The summed E-state index contributed by atoms with van der Waals surface area (Å²) < 4.78 is 0. The maximum absolute atomic E-state index is 13.8. The average Bonchev–Trinajstić information content (AvgIpc) is 3.36. The van der Waals surface area contributed by atoms with Gasteiger partial charge in [0.25, 0.3) is 5.91 Å². The molecule has 0 bridgehead atoms. The highest BCUT2D eigenvalue weighted by Crippen LogP contribution is 2.30. The standard InChI is InChI=1S/C48H64N10O16/c49-58-37-17-14-31(25-51-37)42(66)53-32(15-18-38(59)60)45(69)55-36(23-40(63)64)44(68)52-24-26-8-12-29(13-9-26)41(65)54-35(22-27-10-11-28-5-1-2-6-30(28)21-27)43(67)50-20-4-3-7-33(46(70)71)56-48(74)57-34(47(72)73)16-19-39(61)62/h1-2,5-6,10-11,14,17,21,25-26,29,32-36,41,54,65H,3-4,7-9,12-13,15-16,18-20,22-24,49H2,(H,50,67)(H,51,58)(H,52,68)(H,53,66)(H,55,69)(H,59,60)(H,61,62)(H,63,64)(H,70,71)(H,72,73)(H2,56,57,74). The first-order chi connectivity index (χ1) is 35.2. The molecule has 1 fully saturated rings. The molecule has 1 aliphatic rings. The molecule has 0 radical (unpaired) electrons. The number of hydrogen-bond donors (Lipinski definition) is 15. The zero-order valence-corrected chi connectivity index (χ0v) is 40.3. The summed E-state index contributed by atoms with van der Waals surface area (Å²) in [6, 6.07) is 8.03. The summed E-state index contributed by atoms with van der Waals surface area (Å²) in [6.07, 6.45) is -0.160. The van der Waals surface area contributed by atoms with Gasteiger partial charge in [-0.25, -0.2) is 25.2 Å². The van der Waals surface area contributed by atoms with Crippen molar-refractivity contribution in [2.75, 3.05) is 18.5 Å². The van der Waals surface area contributed by atoms with Crippen LogP contribution in [0.25, 0.3) is 10.8 Å². The fourth-order valence-corrected chi connectivity index (χ4v) is 8.24. The predicted molar refractivity (Wildman–Crippen MR) is 262 cm³/mol. The maximum atomic E-state index is 13.8. The number of aliphatic hydroxyl groups excluding tert-OH is 1. The maximum Gasteiger partial charge on any atom is 0.326 e. The number of nitrogens with two attached hydrogens (primary N) is 1. The zero-order chi connectivity index (χ0) is 54.3. The minimum Gasteiger partial charge on any atom is -0.481 e. The number of unbranched alkanes of at least 4 members (excludes halogenated alkanes) is 1. The van der Waals surface area contributed by atoms with Gasteiger partial charge < -0.3 is 68.0 Å². The fraction of sp³-hybridized carbons (Fsp3) is 0.479. The molecule has 4 rings (SSSR count). The number of carbonyl (C=O) groups is 10. The number of nitrogens with one attached hydrogen (secondary N) is 8. The monoisotopic (exact) mass is 1040 g/mol. The molecule has 1 heterocycles. The summed E-state index contributed by atoms with van der Waals surface area (Å²) in [6.45, 7) is 0.181. The Hall–Kier alpha value is -7.97. The fourth-order valence-electron chi connectivity index (χ4n) is 8.24. The number of fused-ring (bicyclic) bond motifs is 1. The molecule has 6 amide bonds. The summed E-state index contributed by atoms with van der Waals surface area (Å²) in [4.78, 5) is 127. The van der Waals surface area contributed by atoms with E-state index in [0.717, 1.165) is 22.5 Å². The first kappa shape index (κ1) is 58.6. The first-order valence-electron chi connectivity index (χ1n) is 23.9. The second-order valence-corrected chi connectivity index (χ2v) is 17.9. The Morgan fingerprint density at radius 1 is 0.622 bits per heavy atom. The van der Waals surface area contributed by atoms with Crippen LogP contribution in [0.2, 0.25) is 0 Å². The van der Waals surface area contributed by atoms with Crippen LogP contribution in [0.4, 0.5) is 10.6 Å². The molecule has 1 aromatic heterocycles. The van der Waals surface area contributed by atoms with Crippen molar-refractivity contribution in [2.45, 2.75) is 120 Å². The number of aromatic nitrogens is 1. The Morgan fingerprint density at radius 2 is 1.24 bits per heavy atom. The molecule has 0 saturated heterocycles. The van der Waals surface area contributed by atoms with Crippen LogP contribution in [0.3, 0.4) is 0 Å². The number of hydrogen-bond acceptors (Lipinski definition) is 15. The summed E-state index contributed by atoms with van der Waals surface area (Å²) in [5, 5.41) is 77.7. The minimum absolute atomic E-state index is 0.00779. The third-order valence-corrected chi connectivity index (χ3v) is 12.4. The molecule has 1 saturated carbocycles. The van der Waals surface area contributed by atoms with E-state index in [1.54, 1.807) is 0 Å². The number of aliphatic carboxylic acids is 5. The zero-order valence-electron chi connectivity index (χ0n) is 40.3. The van der Waals surface area contributed by atoms with Gasteiger partial charge >= 0.3 is 35.9 Å². The van der Waals surface area contributed by atoms with Gasteiger partial charge in [-0.3, -0.25) is 38.9 Å². The molecule has 6 atom stereocenters. The number of carboxylic acid groups (broad SMARTS) is 5. The van der Waals surface area contributed by atoms with Crippen LogP contribution >= 0.6 is 0 Å². The number of urea groups is 1. The molecule has 3 aromatic rings. The van der Waals surface area contributed by atoms with E-state index in [4.69, 9.17) is 10.9 Å². The molecule has 16 N–H and O–H groups in total. The molecule has 1 aliphatic carbocycles. The van der Waals surface area contributed by atoms with Gasteiger partial charge in [-0.15, -0.1) is 0 Å². The average molecular weight is 1040 g/mol. The van der Waals surface area contributed by atoms with E-state index in [1.165, 1.54) is 12.1 Å². The van der Waals surface area contributed by atoms with Crippen molar-refractivity contribution in [1.29, 1.82) is 0 Å². The highest BCUT2D eigenvalue weighted by Gasteiger charge is 2.33. The molecular formula is C48H64N10O16. The lowest BCUT2D eigenvalue weighted by molar-refractivity contribution is -0.142. The summed E-state index contributed by atoms with van der Waals surface area (Å²) in [5.74, 6) is -4.80. The Morgan fingerprint density at radius 3 is 1.84 bits per heavy atom. The number of carbonyl (C=O) groups excluding carboxylic acids is 5. The predicted octanol–water partition coefficient (Wildman–Crippen LogP) is 0.242. The third-order valence-electron chi connectivity index (χ3n) is 12.4.